The molecule has 23 heavy (non-hydrogen) atoms. The summed E-state index contributed by atoms with van der Waals surface area (Å²) in [6, 6.07) is 5.37. The summed E-state index contributed by atoms with van der Waals surface area (Å²) in [6.45, 7) is 3.44. The Kier molecular flexibility index (Phi) is 5.00. The molecule has 0 bridgehead atoms. The van der Waals surface area contributed by atoms with Gasteiger partial charge in [-0.15, -0.1) is 0 Å². The third-order valence-corrected chi connectivity index (χ3v) is 3.52. The molecule has 0 saturated carbocycles. The van der Waals surface area contributed by atoms with Gasteiger partial charge in [0.1, 0.15) is 11.5 Å². The summed E-state index contributed by atoms with van der Waals surface area (Å²) in [5.74, 6) is -0.390. The van der Waals surface area contributed by atoms with Gasteiger partial charge < -0.3 is 19.7 Å². The number of carboxylic acids is 1. The predicted octanol–water partition coefficient (Wildman–Crippen LogP) is 1.78. The van der Waals surface area contributed by atoms with Crippen LogP contribution in [0, 0.1) is 13.8 Å². The number of methoxy groups -OCH3 is 1. The van der Waals surface area contributed by atoms with Crippen LogP contribution in [0.25, 0.3) is 0 Å². The Morgan fingerprint density at radius 2 is 1.96 bits per heavy atom. The number of nitrogens with zero attached hydrogens (tertiary/aromatic N) is 1. The molecule has 7 heteroatoms. The molecule has 1 atom stereocenters. The Morgan fingerprint density at radius 1 is 1.30 bits per heavy atom. The second-order valence-electron chi connectivity index (χ2n) is 5.09. The van der Waals surface area contributed by atoms with Gasteiger partial charge in [-0.05, 0) is 31.5 Å². The average Bonchev–Trinajstić information content (AvgIpc) is 2.84. The van der Waals surface area contributed by atoms with Crippen molar-refractivity contribution in [1.82, 2.24) is 10.5 Å². The van der Waals surface area contributed by atoms with Crippen molar-refractivity contribution in [3.8, 4) is 5.75 Å². The maximum Gasteiger partial charge on any atom is 0.330 e. The minimum Gasteiger partial charge on any atom is -0.497 e. The van der Waals surface area contributed by atoms with Crippen LogP contribution in [0.3, 0.4) is 0 Å². The third-order valence-electron chi connectivity index (χ3n) is 3.52. The van der Waals surface area contributed by atoms with Crippen LogP contribution >= 0.6 is 0 Å². The van der Waals surface area contributed by atoms with E-state index in [4.69, 9.17) is 9.26 Å². The van der Waals surface area contributed by atoms with E-state index in [-0.39, 0.29) is 6.42 Å². The number of carbonyl (C=O) groups is 2. The molecule has 1 aromatic heterocycles. The number of carbonyl (C=O) groups excluding carboxylic acids is 1. The Morgan fingerprint density at radius 3 is 2.43 bits per heavy atom. The number of carboxylic acid groups (broad SMARTS) is 1. The zero-order chi connectivity index (χ0) is 17.0. The summed E-state index contributed by atoms with van der Waals surface area (Å²) in [7, 11) is 1.52. The van der Waals surface area contributed by atoms with Crippen LogP contribution in [0.2, 0.25) is 0 Å². The number of benzene rings is 1. The van der Waals surface area contributed by atoms with E-state index in [9.17, 15) is 14.7 Å². The second kappa shape index (κ2) is 6.95. The molecule has 2 rings (SSSR count). The molecule has 0 spiro atoms. The highest BCUT2D eigenvalue weighted by Gasteiger charge is 2.23. The van der Waals surface area contributed by atoms with Crippen molar-refractivity contribution < 1.29 is 24.0 Å². The fourth-order valence-corrected chi connectivity index (χ4v) is 2.21. The van der Waals surface area contributed by atoms with Crippen molar-refractivity contribution in [3.05, 3.63) is 46.8 Å². The first-order chi connectivity index (χ1) is 10.9. The van der Waals surface area contributed by atoms with Gasteiger partial charge in [-0.25, -0.2) is 4.79 Å². The van der Waals surface area contributed by atoms with E-state index in [1.54, 1.807) is 38.1 Å². The van der Waals surface area contributed by atoms with Gasteiger partial charge in [0.05, 0.1) is 19.2 Å². The molecular formula is C16H18N2O5. The molecule has 1 amide bonds. The minimum absolute atomic E-state index is 0.0150. The van der Waals surface area contributed by atoms with Gasteiger partial charge in [-0.1, -0.05) is 17.3 Å². The second-order valence-corrected chi connectivity index (χ2v) is 5.09. The topological polar surface area (TPSA) is 102 Å². The van der Waals surface area contributed by atoms with E-state index in [0.29, 0.717) is 28.3 Å². The van der Waals surface area contributed by atoms with Crippen LogP contribution in [0.15, 0.2) is 28.8 Å². The quantitative estimate of drug-likeness (QED) is 0.842. The van der Waals surface area contributed by atoms with Crippen LogP contribution in [0.5, 0.6) is 5.75 Å². The molecule has 0 aliphatic heterocycles. The Bertz CT molecular complexity index is 686. The van der Waals surface area contributed by atoms with Crippen molar-refractivity contribution in [2.45, 2.75) is 26.3 Å². The highest BCUT2D eigenvalue weighted by atomic mass is 16.5. The fraction of sp³-hybridized carbons (Fsp3) is 0.312. The van der Waals surface area contributed by atoms with Gasteiger partial charge in [0.25, 0.3) is 0 Å². The molecule has 1 unspecified atom stereocenters. The number of aliphatic carboxylic acids is 1. The number of nitrogens with one attached hydrogen (secondary N) is 1. The molecule has 0 saturated heterocycles. The molecule has 1 aromatic carbocycles. The predicted molar refractivity (Wildman–Crippen MR) is 81.2 cm³/mol. The van der Waals surface area contributed by atoms with E-state index in [0.717, 1.165) is 0 Å². The summed E-state index contributed by atoms with van der Waals surface area (Å²) >= 11 is 0. The maximum atomic E-state index is 12.2. The lowest BCUT2D eigenvalue weighted by Crippen LogP contribution is -2.34. The molecule has 122 valence electrons. The number of amides is 1. The first kappa shape index (κ1) is 16.5. The van der Waals surface area contributed by atoms with Crippen molar-refractivity contribution in [2.24, 2.45) is 0 Å². The number of ether oxygens (including phenoxy) is 1. The molecule has 0 aliphatic rings. The zero-order valence-corrected chi connectivity index (χ0v) is 13.1. The molecule has 0 aliphatic carbocycles. The summed E-state index contributed by atoms with van der Waals surface area (Å²) in [5.41, 5.74) is 1.75. The molecular weight excluding hydrogens is 300 g/mol. The molecule has 2 N–H and O–H groups in total. The van der Waals surface area contributed by atoms with Crippen LogP contribution < -0.4 is 10.1 Å². The first-order valence-electron chi connectivity index (χ1n) is 7.00. The van der Waals surface area contributed by atoms with Crippen LogP contribution in [0.1, 0.15) is 28.6 Å². The number of aromatic nitrogens is 1. The van der Waals surface area contributed by atoms with Gasteiger partial charge in [-0.2, -0.15) is 0 Å². The first-order valence-corrected chi connectivity index (χ1v) is 7.00. The van der Waals surface area contributed by atoms with E-state index >= 15 is 0 Å². The van der Waals surface area contributed by atoms with Gasteiger partial charge in [0.2, 0.25) is 5.91 Å². The van der Waals surface area contributed by atoms with Crippen LogP contribution in [-0.4, -0.2) is 29.2 Å². The lowest BCUT2D eigenvalue weighted by molar-refractivity contribution is -0.141. The van der Waals surface area contributed by atoms with E-state index < -0.39 is 17.9 Å². The van der Waals surface area contributed by atoms with E-state index in [1.807, 2.05) is 0 Å². The number of hydrogen-bond acceptors (Lipinski definition) is 5. The van der Waals surface area contributed by atoms with Crippen molar-refractivity contribution in [3.63, 3.8) is 0 Å². The van der Waals surface area contributed by atoms with Crippen LogP contribution in [0.4, 0.5) is 0 Å². The summed E-state index contributed by atoms with van der Waals surface area (Å²) in [4.78, 5) is 23.6. The third kappa shape index (κ3) is 3.88. The highest BCUT2D eigenvalue weighted by Crippen LogP contribution is 2.19. The maximum absolute atomic E-state index is 12.2. The smallest absolute Gasteiger partial charge is 0.330 e. The Balaban J connectivity index is 2.12. The van der Waals surface area contributed by atoms with E-state index in [1.165, 1.54) is 7.11 Å². The van der Waals surface area contributed by atoms with Gasteiger partial charge in [-0.3, -0.25) is 4.79 Å². The molecule has 1 heterocycles. The fourth-order valence-electron chi connectivity index (χ4n) is 2.21. The summed E-state index contributed by atoms with van der Waals surface area (Å²) in [5, 5.41) is 15.7. The monoisotopic (exact) mass is 318 g/mol. The van der Waals surface area contributed by atoms with Gasteiger partial charge in [0, 0.05) is 5.56 Å². The SMILES string of the molecule is COc1ccc(C(NC(=O)Cc2c(C)noc2C)C(=O)O)cc1. The number of hydrogen-bond donors (Lipinski definition) is 2. The summed E-state index contributed by atoms with van der Waals surface area (Å²) < 4.78 is 10.0. The average molecular weight is 318 g/mol. The van der Waals surface area contributed by atoms with Crippen molar-refractivity contribution >= 4 is 11.9 Å². The van der Waals surface area contributed by atoms with Gasteiger partial charge >= 0.3 is 5.97 Å². The highest BCUT2D eigenvalue weighted by molar-refractivity contribution is 5.86. The Labute approximate surface area is 133 Å². The van der Waals surface area contributed by atoms with E-state index in [2.05, 4.69) is 10.5 Å². The zero-order valence-electron chi connectivity index (χ0n) is 13.1. The van der Waals surface area contributed by atoms with Crippen LogP contribution in [-0.2, 0) is 16.0 Å². The lowest BCUT2D eigenvalue weighted by atomic mass is 10.1. The summed E-state index contributed by atoms with van der Waals surface area (Å²) in [6.07, 6.45) is 0.0150. The lowest BCUT2D eigenvalue weighted by Gasteiger charge is -2.15. The molecule has 0 radical (unpaired) electrons. The Hall–Kier alpha value is -2.83. The molecule has 7 nitrogen and oxygen atoms in total. The minimum atomic E-state index is -1.14. The van der Waals surface area contributed by atoms with Crippen molar-refractivity contribution in [1.29, 1.82) is 0 Å². The standard InChI is InChI=1S/C16H18N2O5/c1-9-13(10(2)23-18-9)8-14(19)17-15(16(20)21)11-4-6-12(22-3)7-5-11/h4-7,15H,8H2,1-3H3,(H,17,19)(H,20,21). The largest absolute Gasteiger partial charge is 0.497 e. The normalized spacial score (nSPS) is 11.8. The van der Waals surface area contributed by atoms with Crippen molar-refractivity contribution in [2.75, 3.05) is 7.11 Å². The molecule has 2 aromatic rings. The number of rotatable bonds is 6. The number of aryl methyl sites for hydroxylation is 2. The molecule has 0 fully saturated rings. The van der Waals surface area contributed by atoms with Gasteiger partial charge in [0.15, 0.2) is 6.04 Å².